The Labute approximate surface area is 146 Å². The Morgan fingerprint density at radius 3 is 2.91 bits per heavy atom. The number of rotatable bonds is 5. The topological polar surface area (TPSA) is 32.3 Å². The summed E-state index contributed by atoms with van der Waals surface area (Å²) in [6, 6.07) is 13.7. The number of hydrogen-bond donors (Lipinski definition) is 1. The van der Waals surface area contributed by atoms with E-state index in [4.69, 9.17) is 11.6 Å². The standard InChI is InChI=1S/C18H19ClN2OS/c1-2-21-10-9-13-7-8-14(11-16(13)21)20-18(22)12-23-17-6-4-3-5-15(17)19/h3-8,11H,2,9-10,12H2,1H3,(H,20,22). The maximum Gasteiger partial charge on any atom is 0.234 e. The molecule has 1 heterocycles. The molecular weight excluding hydrogens is 328 g/mol. The summed E-state index contributed by atoms with van der Waals surface area (Å²) in [6.07, 6.45) is 1.08. The quantitative estimate of drug-likeness (QED) is 0.811. The van der Waals surface area contributed by atoms with Crippen LogP contribution in [0.2, 0.25) is 5.02 Å². The minimum absolute atomic E-state index is 0.0177. The number of hydrogen-bond acceptors (Lipinski definition) is 3. The van der Waals surface area contributed by atoms with Crippen molar-refractivity contribution >= 4 is 40.6 Å². The smallest absolute Gasteiger partial charge is 0.234 e. The zero-order valence-electron chi connectivity index (χ0n) is 13.0. The number of likely N-dealkylation sites (N-methyl/N-ethyl adjacent to an activating group) is 1. The summed E-state index contributed by atoms with van der Waals surface area (Å²) in [5.74, 6) is 0.328. The number of halogens is 1. The Morgan fingerprint density at radius 2 is 2.13 bits per heavy atom. The lowest BCUT2D eigenvalue weighted by atomic mass is 10.1. The summed E-state index contributed by atoms with van der Waals surface area (Å²) in [5.41, 5.74) is 3.45. The van der Waals surface area contributed by atoms with E-state index in [0.29, 0.717) is 10.8 Å². The van der Waals surface area contributed by atoms with Crippen molar-refractivity contribution in [3.8, 4) is 0 Å². The number of nitrogens with one attached hydrogen (secondary N) is 1. The second-order valence-electron chi connectivity index (χ2n) is 5.44. The van der Waals surface area contributed by atoms with E-state index in [0.717, 1.165) is 30.1 Å². The van der Waals surface area contributed by atoms with Gasteiger partial charge in [-0.3, -0.25) is 4.79 Å². The molecule has 0 radical (unpaired) electrons. The Hall–Kier alpha value is -1.65. The van der Waals surface area contributed by atoms with Crippen molar-refractivity contribution in [1.29, 1.82) is 0 Å². The second-order valence-corrected chi connectivity index (χ2v) is 6.86. The summed E-state index contributed by atoms with van der Waals surface area (Å²) in [7, 11) is 0. The molecule has 3 rings (SSSR count). The Balaban J connectivity index is 1.61. The largest absolute Gasteiger partial charge is 0.371 e. The molecule has 120 valence electrons. The third kappa shape index (κ3) is 3.82. The molecule has 3 nitrogen and oxygen atoms in total. The number of thioether (sulfide) groups is 1. The van der Waals surface area contributed by atoms with Crippen molar-refractivity contribution in [1.82, 2.24) is 0 Å². The van der Waals surface area contributed by atoms with Gasteiger partial charge in [-0.1, -0.05) is 29.8 Å². The van der Waals surface area contributed by atoms with Crippen molar-refractivity contribution in [2.24, 2.45) is 0 Å². The summed E-state index contributed by atoms with van der Waals surface area (Å²) in [6.45, 7) is 4.21. The summed E-state index contributed by atoms with van der Waals surface area (Å²) >= 11 is 7.56. The summed E-state index contributed by atoms with van der Waals surface area (Å²) in [5, 5.41) is 3.66. The second kappa shape index (κ2) is 7.28. The van der Waals surface area contributed by atoms with Crippen LogP contribution in [0.25, 0.3) is 0 Å². The number of nitrogens with zero attached hydrogens (tertiary/aromatic N) is 1. The average molecular weight is 347 g/mol. The molecule has 0 bridgehead atoms. The van der Waals surface area contributed by atoms with Crippen molar-refractivity contribution in [2.45, 2.75) is 18.2 Å². The van der Waals surface area contributed by atoms with Crippen LogP contribution >= 0.6 is 23.4 Å². The fraction of sp³-hybridized carbons (Fsp3) is 0.278. The molecule has 1 N–H and O–H groups in total. The molecule has 1 amide bonds. The molecule has 2 aromatic carbocycles. The van der Waals surface area contributed by atoms with E-state index in [1.165, 1.54) is 23.0 Å². The van der Waals surface area contributed by atoms with Crippen LogP contribution < -0.4 is 10.2 Å². The zero-order valence-corrected chi connectivity index (χ0v) is 14.6. The van der Waals surface area contributed by atoms with Crippen molar-refractivity contribution < 1.29 is 4.79 Å². The average Bonchev–Trinajstić information content (AvgIpc) is 2.96. The normalized spacial score (nSPS) is 13.0. The highest BCUT2D eigenvalue weighted by Gasteiger charge is 2.18. The highest BCUT2D eigenvalue weighted by Crippen LogP contribution is 2.31. The lowest BCUT2D eigenvalue weighted by Crippen LogP contribution is -2.19. The number of carbonyl (C=O) groups excluding carboxylic acids is 1. The van der Waals surface area contributed by atoms with Crippen LogP contribution in [-0.2, 0) is 11.2 Å². The first-order valence-corrected chi connectivity index (χ1v) is 9.09. The first-order chi connectivity index (χ1) is 11.2. The van der Waals surface area contributed by atoms with Gasteiger partial charge < -0.3 is 10.2 Å². The molecule has 0 fully saturated rings. The molecule has 1 aliphatic heterocycles. The zero-order chi connectivity index (χ0) is 16.2. The Kier molecular flexibility index (Phi) is 5.13. The third-order valence-corrected chi connectivity index (χ3v) is 5.45. The van der Waals surface area contributed by atoms with E-state index < -0.39 is 0 Å². The monoisotopic (exact) mass is 346 g/mol. The maximum atomic E-state index is 12.2. The number of fused-ring (bicyclic) bond motifs is 1. The highest BCUT2D eigenvalue weighted by molar-refractivity contribution is 8.00. The summed E-state index contributed by atoms with van der Waals surface area (Å²) in [4.78, 5) is 15.4. The fourth-order valence-electron chi connectivity index (χ4n) is 2.75. The van der Waals surface area contributed by atoms with Crippen LogP contribution in [0, 0.1) is 0 Å². The van der Waals surface area contributed by atoms with Gasteiger partial charge in [0.25, 0.3) is 0 Å². The predicted molar refractivity (Wildman–Crippen MR) is 98.8 cm³/mol. The lowest BCUT2D eigenvalue weighted by molar-refractivity contribution is -0.113. The van der Waals surface area contributed by atoms with Gasteiger partial charge in [-0.15, -0.1) is 11.8 Å². The van der Waals surface area contributed by atoms with E-state index in [9.17, 15) is 4.79 Å². The fourth-order valence-corrected chi connectivity index (χ4v) is 3.79. The summed E-state index contributed by atoms with van der Waals surface area (Å²) < 4.78 is 0. The highest BCUT2D eigenvalue weighted by atomic mass is 35.5. The Morgan fingerprint density at radius 1 is 1.30 bits per heavy atom. The van der Waals surface area contributed by atoms with Gasteiger partial charge >= 0.3 is 0 Å². The van der Waals surface area contributed by atoms with Crippen LogP contribution in [0.5, 0.6) is 0 Å². The predicted octanol–water partition coefficient (Wildman–Crippen LogP) is 4.45. The molecule has 0 unspecified atom stereocenters. The van der Waals surface area contributed by atoms with Gasteiger partial charge in [0.05, 0.1) is 10.8 Å². The number of amides is 1. The first-order valence-electron chi connectivity index (χ1n) is 7.72. The van der Waals surface area contributed by atoms with Gasteiger partial charge in [-0.25, -0.2) is 0 Å². The number of benzene rings is 2. The van der Waals surface area contributed by atoms with Gasteiger partial charge in [0.2, 0.25) is 5.91 Å². The molecule has 23 heavy (non-hydrogen) atoms. The Bertz CT molecular complexity index is 720. The molecule has 0 spiro atoms. The SMILES string of the molecule is CCN1CCc2ccc(NC(=O)CSc3ccccc3Cl)cc21. The molecule has 0 atom stereocenters. The van der Waals surface area contributed by atoms with E-state index in [1.807, 2.05) is 30.3 Å². The van der Waals surface area contributed by atoms with Crippen molar-refractivity contribution in [3.63, 3.8) is 0 Å². The number of carbonyl (C=O) groups is 1. The molecule has 0 aromatic heterocycles. The van der Waals surface area contributed by atoms with Gasteiger partial charge in [0.1, 0.15) is 0 Å². The molecule has 5 heteroatoms. The van der Waals surface area contributed by atoms with E-state index in [2.05, 4.69) is 29.3 Å². The van der Waals surface area contributed by atoms with Crippen LogP contribution in [0.1, 0.15) is 12.5 Å². The van der Waals surface area contributed by atoms with Gasteiger partial charge in [0, 0.05) is 29.4 Å². The first kappa shape index (κ1) is 16.2. The van der Waals surface area contributed by atoms with Crippen molar-refractivity contribution in [3.05, 3.63) is 53.1 Å². The van der Waals surface area contributed by atoms with Crippen LogP contribution in [0.4, 0.5) is 11.4 Å². The van der Waals surface area contributed by atoms with Gasteiger partial charge in [-0.05, 0) is 43.2 Å². The van der Waals surface area contributed by atoms with Crippen LogP contribution in [0.3, 0.4) is 0 Å². The van der Waals surface area contributed by atoms with E-state index in [-0.39, 0.29) is 5.91 Å². The van der Waals surface area contributed by atoms with Gasteiger partial charge in [-0.2, -0.15) is 0 Å². The maximum absolute atomic E-state index is 12.2. The van der Waals surface area contributed by atoms with E-state index in [1.54, 1.807) is 0 Å². The molecule has 0 saturated heterocycles. The molecule has 2 aromatic rings. The lowest BCUT2D eigenvalue weighted by Gasteiger charge is -2.17. The van der Waals surface area contributed by atoms with Crippen LogP contribution in [0.15, 0.2) is 47.4 Å². The molecule has 1 aliphatic rings. The van der Waals surface area contributed by atoms with Crippen LogP contribution in [-0.4, -0.2) is 24.7 Å². The molecular formula is C18H19ClN2OS. The molecule has 0 saturated carbocycles. The minimum Gasteiger partial charge on any atom is -0.371 e. The molecule has 0 aliphatic carbocycles. The van der Waals surface area contributed by atoms with Gasteiger partial charge in [0.15, 0.2) is 0 Å². The number of anilines is 2. The van der Waals surface area contributed by atoms with Crippen molar-refractivity contribution in [2.75, 3.05) is 29.1 Å². The van der Waals surface area contributed by atoms with E-state index >= 15 is 0 Å². The third-order valence-electron chi connectivity index (χ3n) is 3.94. The minimum atomic E-state index is -0.0177.